The van der Waals surface area contributed by atoms with Gasteiger partial charge in [-0.25, -0.2) is 0 Å². The van der Waals surface area contributed by atoms with Crippen molar-refractivity contribution in [3.8, 4) is 0 Å². The van der Waals surface area contributed by atoms with Crippen LogP contribution in [0.4, 0.5) is 0 Å². The van der Waals surface area contributed by atoms with Crippen molar-refractivity contribution in [3.05, 3.63) is 33.0 Å². The lowest BCUT2D eigenvalue weighted by atomic mass is 10.0. The summed E-state index contributed by atoms with van der Waals surface area (Å²) in [5.41, 5.74) is 4.47. The summed E-state index contributed by atoms with van der Waals surface area (Å²) < 4.78 is 12.4. The Morgan fingerprint density at radius 3 is 2.72 bits per heavy atom. The van der Waals surface area contributed by atoms with Gasteiger partial charge in [0.25, 0.3) is 0 Å². The lowest BCUT2D eigenvalue weighted by Gasteiger charge is -2.06. The van der Waals surface area contributed by atoms with Crippen LogP contribution in [0.15, 0.2) is 15.0 Å². The molecule has 0 saturated carbocycles. The van der Waals surface area contributed by atoms with E-state index in [4.69, 9.17) is 9.15 Å². The second-order valence-electron chi connectivity index (χ2n) is 4.47. The van der Waals surface area contributed by atoms with Crippen LogP contribution < -0.4 is 5.32 Å². The molecule has 1 aromatic carbocycles. The molecule has 0 bridgehead atoms. The number of hydrogen-bond donors (Lipinski definition) is 1. The van der Waals surface area contributed by atoms with E-state index in [0.29, 0.717) is 13.2 Å². The third-order valence-electron chi connectivity index (χ3n) is 3.14. The Labute approximate surface area is 116 Å². The molecule has 1 heterocycles. The first kappa shape index (κ1) is 13.6. The molecule has 0 aliphatic heterocycles. The third-order valence-corrected chi connectivity index (χ3v) is 4.36. The van der Waals surface area contributed by atoms with Crippen molar-refractivity contribution >= 4 is 26.9 Å². The zero-order valence-corrected chi connectivity index (χ0v) is 12.8. The molecule has 0 amide bonds. The first-order chi connectivity index (χ1) is 8.60. The molecule has 0 aliphatic carbocycles. The average Bonchev–Trinajstić information content (AvgIpc) is 2.66. The first-order valence-electron chi connectivity index (χ1n) is 5.93. The number of hydrogen-bond acceptors (Lipinski definition) is 3. The zero-order valence-electron chi connectivity index (χ0n) is 11.2. The van der Waals surface area contributed by atoms with Crippen LogP contribution in [0.25, 0.3) is 11.0 Å². The summed E-state index contributed by atoms with van der Waals surface area (Å²) in [5.74, 6) is 0.954. The van der Waals surface area contributed by atoms with Gasteiger partial charge in [-0.2, -0.15) is 0 Å². The van der Waals surface area contributed by atoms with Gasteiger partial charge < -0.3 is 14.5 Å². The van der Waals surface area contributed by atoms with E-state index in [9.17, 15) is 0 Å². The largest absolute Gasteiger partial charge is 0.459 e. The van der Waals surface area contributed by atoms with Gasteiger partial charge in [-0.1, -0.05) is 15.9 Å². The standard InChI is InChI=1S/C14H18BrNO2/c1-8-5-11-13(9(2)14(8)15)10(7-17-4)12(18-11)6-16-3/h5,16H,6-7H2,1-4H3. The molecule has 0 atom stereocenters. The smallest absolute Gasteiger partial charge is 0.135 e. The molecular formula is C14H18BrNO2. The molecule has 0 aliphatic rings. The number of rotatable bonds is 4. The summed E-state index contributed by atoms with van der Waals surface area (Å²) >= 11 is 3.64. The summed E-state index contributed by atoms with van der Waals surface area (Å²) in [6.45, 7) is 5.47. The number of benzene rings is 1. The van der Waals surface area contributed by atoms with Crippen LogP contribution in [0.2, 0.25) is 0 Å². The Bertz CT molecular complexity index is 575. The molecule has 2 aromatic rings. The van der Waals surface area contributed by atoms with Crippen LogP contribution in [0.3, 0.4) is 0 Å². The lowest BCUT2D eigenvalue weighted by Crippen LogP contribution is -2.06. The summed E-state index contributed by atoms with van der Waals surface area (Å²) in [6.07, 6.45) is 0. The number of methoxy groups -OCH3 is 1. The highest BCUT2D eigenvalue weighted by molar-refractivity contribution is 9.10. The van der Waals surface area contributed by atoms with Crippen molar-refractivity contribution in [2.45, 2.75) is 27.0 Å². The maximum absolute atomic E-state index is 5.95. The lowest BCUT2D eigenvalue weighted by molar-refractivity contribution is 0.183. The fourth-order valence-electron chi connectivity index (χ4n) is 2.31. The molecule has 0 unspecified atom stereocenters. The number of ether oxygens (including phenoxy) is 1. The van der Waals surface area contributed by atoms with Gasteiger partial charge in [0.05, 0.1) is 13.2 Å². The highest BCUT2D eigenvalue weighted by atomic mass is 79.9. The van der Waals surface area contributed by atoms with Gasteiger partial charge in [0.2, 0.25) is 0 Å². The van der Waals surface area contributed by atoms with Crippen LogP contribution >= 0.6 is 15.9 Å². The van der Waals surface area contributed by atoms with E-state index in [1.807, 2.05) is 7.05 Å². The second kappa shape index (κ2) is 5.43. The van der Waals surface area contributed by atoms with E-state index in [-0.39, 0.29) is 0 Å². The SMILES string of the molecule is CNCc1oc2cc(C)c(Br)c(C)c2c1COC. The molecule has 0 fully saturated rings. The van der Waals surface area contributed by atoms with Crippen LogP contribution in [0.1, 0.15) is 22.5 Å². The van der Waals surface area contributed by atoms with E-state index in [1.165, 1.54) is 16.5 Å². The normalized spacial score (nSPS) is 11.4. The van der Waals surface area contributed by atoms with Gasteiger partial charge in [0, 0.05) is 22.5 Å². The number of fused-ring (bicyclic) bond motifs is 1. The van der Waals surface area contributed by atoms with Gasteiger partial charge in [0.15, 0.2) is 0 Å². The van der Waals surface area contributed by atoms with Crippen molar-refractivity contribution in [2.75, 3.05) is 14.2 Å². The topological polar surface area (TPSA) is 34.4 Å². The molecule has 0 radical (unpaired) electrons. The highest BCUT2D eigenvalue weighted by Gasteiger charge is 2.17. The molecule has 4 heteroatoms. The molecular weight excluding hydrogens is 294 g/mol. The second-order valence-corrected chi connectivity index (χ2v) is 5.27. The number of furan rings is 1. The molecule has 18 heavy (non-hydrogen) atoms. The van der Waals surface area contributed by atoms with E-state index in [0.717, 1.165) is 21.4 Å². The van der Waals surface area contributed by atoms with E-state index in [2.05, 4.69) is 41.2 Å². The molecule has 0 spiro atoms. The Hall–Kier alpha value is -0.840. The molecule has 1 N–H and O–H groups in total. The fourth-order valence-corrected chi connectivity index (χ4v) is 2.62. The van der Waals surface area contributed by atoms with Crippen molar-refractivity contribution in [3.63, 3.8) is 0 Å². The van der Waals surface area contributed by atoms with E-state index < -0.39 is 0 Å². The van der Waals surface area contributed by atoms with E-state index >= 15 is 0 Å². The fraction of sp³-hybridized carbons (Fsp3) is 0.429. The van der Waals surface area contributed by atoms with Crippen LogP contribution in [0.5, 0.6) is 0 Å². The molecule has 3 nitrogen and oxygen atoms in total. The van der Waals surface area contributed by atoms with Gasteiger partial charge in [-0.05, 0) is 38.1 Å². The van der Waals surface area contributed by atoms with Crippen molar-refractivity contribution in [2.24, 2.45) is 0 Å². The van der Waals surface area contributed by atoms with Gasteiger partial charge in [-0.3, -0.25) is 0 Å². The first-order valence-corrected chi connectivity index (χ1v) is 6.73. The summed E-state index contributed by atoms with van der Waals surface area (Å²) in [4.78, 5) is 0. The molecule has 1 aromatic heterocycles. The van der Waals surface area contributed by atoms with Gasteiger partial charge >= 0.3 is 0 Å². The Morgan fingerprint density at radius 2 is 2.11 bits per heavy atom. The predicted molar refractivity (Wildman–Crippen MR) is 76.9 cm³/mol. The third kappa shape index (κ3) is 2.20. The minimum atomic E-state index is 0.570. The average molecular weight is 312 g/mol. The number of nitrogens with one attached hydrogen (secondary N) is 1. The maximum Gasteiger partial charge on any atom is 0.135 e. The number of aryl methyl sites for hydroxylation is 2. The quantitative estimate of drug-likeness (QED) is 0.935. The minimum absolute atomic E-state index is 0.570. The zero-order chi connectivity index (χ0) is 13.3. The summed E-state index contributed by atoms with van der Waals surface area (Å²) in [7, 11) is 3.62. The Kier molecular flexibility index (Phi) is 4.10. The highest BCUT2D eigenvalue weighted by Crippen LogP contribution is 2.35. The van der Waals surface area contributed by atoms with Crippen molar-refractivity contribution < 1.29 is 9.15 Å². The van der Waals surface area contributed by atoms with Crippen molar-refractivity contribution in [1.29, 1.82) is 0 Å². The monoisotopic (exact) mass is 311 g/mol. The van der Waals surface area contributed by atoms with Gasteiger partial charge in [0.1, 0.15) is 11.3 Å². The van der Waals surface area contributed by atoms with Crippen LogP contribution in [0, 0.1) is 13.8 Å². The molecule has 0 saturated heterocycles. The van der Waals surface area contributed by atoms with Gasteiger partial charge in [-0.15, -0.1) is 0 Å². The van der Waals surface area contributed by atoms with Crippen LogP contribution in [-0.2, 0) is 17.9 Å². The van der Waals surface area contributed by atoms with Crippen molar-refractivity contribution in [1.82, 2.24) is 5.32 Å². The molecule has 98 valence electrons. The van der Waals surface area contributed by atoms with Crippen LogP contribution in [-0.4, -0.2) is 14.2 Å². The summed E-state index contributed by atoms with van der Waals surface area (Å²) in [6, 6.07) is 2.07. The Morgan fingerprint density at radius 1 is 1.39 bits per heavy atom. The number of halogens is 1. The maximum atomic E-state index is 5.95. The van der Waals surface area contributed by atoms with E-state index in [1.54, 1.807) is 7.11 Å². The Balaban J connectivity index is 2.73. The predicted octanol–water partition coefficient (Wildman–Crippen LogP) is 3.68. The molecule has 2 rings (SSSR count). The minimum Gasteiger partial charge on any atom is -0.459 e. The summed E-state index contributed by atoms with van der Waals surface area (Å²) in [5, 5.41) is 4.30.